The van der Waals surface area contributed by atoms with Crippen LogP contribution >= 0.6 is 0 Å². The van der Waals surface area contributed by atoms with Gasteiger partial charge >= 0.3 is 0 Å². The molecule has 6 heteroatoms. The molecule has 4 rings (SSSR count). The lowest BCUT2D eigenvalue weighted by Gasteiger charge is -2.35. The predicted octanol–water partition coefficient (Wildman–Crippen LogP) is 1.46. The van der Waals surface area contributed by atoms with Crippen LogP contribution in [0.15, 0.2) is 34.5 Å². The van der Waals surface area contributed by atoms with Crippen molar-refractivity contribution < 1.29 is 4.79 Å². The fourth-order valence-electron chi connectivity index (χ4n) is 5.11. The van der Waals surface area contributed by atoms with Gasteiger partial charge in [0.1, 0.15) is 0 Å². The summed E-state index contributed by atoms with van der Waals surface area (Å²) in [5, 5.41) is 11.6. The van der Waals surface area contributed by atoms with Crippen LogP contribution in [0, 0.1) is 29.6 Å². The van der Waals surface area contributed by atoms with Crippen molar-refractivity contribution in [3.05, 3.63) is 35.4 Å². The SMILES string of the molecule is CNC(=O)CC1CC2CC1C1C(c3ccc(CNN)cc3)=NN=CC21. The van der Waals surface area contributed by atoms with Gasteiger partial charge in [-0.1, -0.05) is 24.3 Å². The average Bonchev–Trinajstić information content (AvgIpc) is 3.21. The second-order valence-corrected chi connectivity index (χ2v) is 7.46. The molecule has 1 aromatic rings. The van der Waals surface area contributed by atoms with E-state index < -0.39 is 0 Å². The van der Waals surface area contributed by atoms with Crippen LogP contribution < -0.4 is 16.6 Å². The minimum atomic E-state index is 0.149. The van der Waals surface area contributed by atoms with Crippen LogP contribution in [0.2, 0.25) is 0 Å². The molecule has 0 radical (unpaired) electrons. The Morgan fingerprint density at radius 1 is 1.28 bits per heavy atom. The third kappa shape index (κ3) is 2.89. The Bertz CT molecular complexity index is 711. The molecular formula is C19H25N5O. The molecule has 2 bridgehead atoms. The van der Waals surface area contributed by atoms with Gasteiger partial charge in [-0.2, -0.15) is 10.2 Å². The van der Waals surface area contributed by atoms with Crippen LogP contribution in [0.3, 0.4) is 0 Å². The molecule has 2 saturated carbocycles. The zero-order valence-corrected chi connectivity index (χ0v) is 14.5. The number of benzene rings is 1. The van der Waals surface area contributed by atoms with Crippen molar-refractivity contribution in [2.24, 2.45) is 45.6 Å². The van der Waals surface area contributed by atoms with Crippen LogP contribution in [0.4, 0.5) is 0 Å². The van der Waals surface area contributed by atoms with Gasteiger partial charge in [0.05, 0.1) is 5.71 Å². The molecule has 2 aliphatic carbocycles. The Morgan fingerprint density at radius 3 is 2.80 bits per heavy atom. The van der Waals surface area contributed by atoms with Crippen molar-refractivity contribution in [3.63, 3.8) is 0 Å². The molecule has 25 heavy (non-hydrogen) atoms. The van der Waals surface area contributed by atoms with Crippen LogP contribution in [0.1, 0.15) is 30.4 Å². The first-order valence-corrected chi connectivity index (χ1v) is 9.05. The van der Waals surface area contributed by atoms with E-state index in [0.717, 1.165) is 23.3 Å². The van der Waals surface area contributed by atoms with Crippen molar-refractivity contribution in [1.82, 2.24) is 10.7 Å². The normalized spacial score (nSPS) is 32.4. The molecule has 5 unspecified atom stereocenters. The van der Waals surface area contributed by atoms with Gasteiger partial charge in [0.2, 0.25) is 5.91 Å². The molecule has 3 aliphatic rings. The Hall–Kier alpha value is -2.05. The van der Waals surface area contributed by atoms with Crippen molar-refractivity contribution in [2.45, 2.75) is 25.8 Å². The van der Waals surface area contributed by atoms with E-state index in [2.05, 4.69) is 45.2 Å². The maximum atomic E-state index is 11.9. The van der Waals surface area contributed by atoms with E-state index in [-0.39, 0.29) is 5.91 Å². The fraction of sp³-hybridized carbons (Fsp3) is 0.526. The molecule has 0 aromatic heterocycles. The van der Waals surface area contributed by atoms with Gasteiger partial charge in [0.25, 0.3) is 0 Å². The number of hydrogen-bond donors (Lipinski definition) is 3. The molecule has 132 valence electrons. The number of amides is 1. The number of hydrogen-bond acceptors (Lipinski definition) is 5. The molecular weight excluding hydrogens is 314 g/mol. The Labute approximate surface area is 147 Å². The molecule has 0 spiro atoms. The molecule has 0 saturated heterocycles. The zero-order chi connectivity index (χ0) is 17.4. The van der Waals surface area contributed by atoms with Crippen molar-refractivity contribution in [3.8, 4) is 0 Å². The Morgan fingerprint density at radius 2 is 2.08 bits per heavy atom. The van der Waals surface area contributed by atoms with E-state index in [1.807, 2.05) is 6.21 Å². The number of carbonyl (C=O) groups excluding carboxylic acids is 1. The number of nitrogens with zero attached hydrogens (tertiary/aromatic N) is 2. The first-order valence-electron chi connectivity index (χ1n) is 9.05. The quantitative estimate of drug-likeness (QED) is 0.560. The van der Waals surface area contributed by atoms with Gasteiger partial charge in [-0.25, -0.2) is 0 Å². The van der Waals surface area contributed by atoms with Gasteiger partial charge < -0.3 is 5.32 Å². The lowest BCUT2D eigenvalue weighted by Crippen LogP contribution is -2.38. The summed E-state index contributed by atoms with van der Waals surface area (Å²) in [5.74, 6) is 8.04. The lowest BCUT2D eigenvalue weighted by molar-refractivity contribution is -0.122. The maximum absolute atomic E-state index is 11.9. The minimum Gasteiger partial charge on any atom is -0.359 e. The number of rotatable bonds is 5. The summed E-state index contributed by atoms with van der Waals surface area (Å²) in [6.45, 7) is 0.649. The molecule has 1 amide bonds. The summed E-state index contributed by atoms with van der Waals surface area (Å²) in [7, 11) is 1.72. The molecule has 6 nitrogen and oxygen atoms in total. The standard InChI is InChI=1S/C19H25N5O/c1-21-17(25)8-14-6-13-7-15(14)18-16(13)10-23-24-19(18)12-4-2-11(3-5-12)9-22-20/h2-5,10,13-16,18,22H,6-9,20H2,1H3,(H,21,25). The van der Waals surface area contributed by atoms with E-state index in [1.54, 1.807) is 7.05 Å². The maximum Gasteiger partial charge on any atom is 0.220 e. The summed E-state index contributed by atoms with van der Waals surface area (Å²) in [4.78, 5) is 11.9. The number of carbonyl (C=O) groups is 1. The highest BCUT2D eigenvalue weighted by Crippen LogP contribution is 2.57. The van der Waals surface area contributed by atoms with Crippen LogP contribution in [0.25, 0.3) is 0 Å². The third-order valence-electron chi connectivity index (χ3n) is 6.21. The topological polar surface area (TPSA) is 91.9 Å². The van der Waals surface area contributed by atoms with Crippen molar-refractivity contribution >= 4 is 17.8 Å². The highest BCUT2D eigenvalue weighted by atomic mass is 16.1. The summed E-state index contributed by atoms with van der Waals surface area (Å²) >= 11 is 0. The van der Waals surface area contributed by atoms with Gasteiger partial charge in [-0.15, -0.1) is 0 Å². The molecule has 1 aromatic carbocycles. The number of nitrogens with one attached hydrogen (secondary N) is 2. The lowest BCUT2D eigenvalue weighted by atomic mass is 9.69. The van der Waals surface area contributed by atoms with E-state index in [0.29, 0.717) is 42.6 Å². The van der Waals surface area contributed by atoms with Crippen LogP contribution in [-0.4, -0.2) is 24.9 Å². The summed E-state index contributed by atoms with van der Waals surface area (Å²) in [6.07, 6.45) is 5.00. The largest absolute Gasteiger partial charge is 0.359 e. The second kappa shape index (κ2) is 6.69. The smallest absolute Gasteiger partial charge is 0.220 e. The third-order valence-corrected chi connectivity index (χ3v) is 6.21. The molecule has 2 fully saturated rings. The minimum absolute atomic E-state index is 0.149. The summed E-state index contributed by atoms with van der Waals surface area (Å²) in [6, 6.07) is 8.40. The summed E-state index contributed by atoms with van der Waals surface area (Å²) in [5.41, 5.74) is 6.06. The zero-order valence-electron chi connectivity index (χ0n) is 14.5. The number of fused-ring (bicyclic) bond motifs is 5. The molecule has 1 aliphatic heterocycles. The van der Waals surface area contributed by atoms with Gasteiger partial charge in [0.15, 0.2) is 0 Å². The fourth-order valence-corrected chi connectivity index (χ4v) is 5.11. The van der Waals surface area contributed by atoms with Crippen molar-refractivity contribution in [2.75, 3.05) is 7.05 Å². The van der Waals surface area contributed by atoms with Crippen LogP contribution in [-0.2, 0) is 11.3 Å². The monoisotopic (exact) mass is 339 g/mol. The number of nitrogens with two attached hydrogens (primary N) is 1. The molecule has 1 heterocycles. The van der Waals surface area contributed by atoms with Gasteiger partial charge in [0, 0.05) is 38.1 Å². The first kappa shape index (κ1) is 16.4. The number of hydrazine groups is 1. The Kier molecular flexibility index (Phi) is 4.39. The predicted molar refractivity (Wildman–Crippen MR) is 97.9 cm³/mol. The Balaban J connectivity index is 1.58. The van der Waals surface area contributed by atoms with E-state index >= 15 is 0 Å². The van der Waals surface area contributed by atoms with E-state index in [9.17, 15) is 4.79 Å². The summed E-state index contributed by atoms with van der Waals surface area (Å²) < 4.78 is 0. The highest BCUT2D eigenvalue weighted by molar-refractivity contribution is 6.05. The molecule has 4 N–H and O–H groups in total. The van der Waals surface area contributed by atoms with Gasteiger partial charge in [-0.05, 0) is 41.7 Å². The van der Waals surface area contributed by atoms with E-state index in [1.165, 1.54) is 6.42 Å². The molecule has 5 atom stereocenters. The van der Waals surface area contributed by atoms with Crippen molar-refractivity contribution in [1.29, 1.82) is 0 Å². The van der Waals surface area contributed by atoms with E-state index in [4.69, 9.17) is 5.84 Å². The first-order chi connectivity index (χ1) is 12.2. The second-order valence-electron chi connectivity index (χ2n) is 7.46. The van der Waals surface area contributed by atoms with Gasteiger partial charge in [-0.3, -0.25) is 16.1 Å². The highest BCUT2D eigenvalue weighted by Gasteiger charge is 2.54. The average molecular weight is 339 g/mol. The van der Waals surface area contributed by atoms with Crippen LogP contribution in [0.5, 0.6) is 0 Å².